The Morgan fingerprint density at radius 1 is 1.50 bits per heavy atom. The number of hydrogen-bond donors (Lipinski definition) is 1. The van der Waals surface area contributed by atoms with E-state index in [-0.39, 0.29) is 5.91 Å². The zero-order valence-corrected chi connectivity index (χ0v) is 13.2. The maximum atomic E-state index is 12.0. The van der Waals surface area contributed by atoms with Crippen LogP contribution in [0.4, 0.5) is 0 Å². The van der Waals surface area contributed by atoms with Crippen LogP contribution in [0.2, 0.25) is 0 Å². The summed E-state index contributed by atoms with van der Waals surface area (Å²) in [6.07, 6.45) is 4.66. The summed E-state index contributed by atoms with van der Waals surface area (Å²) in [7, 11) is 1.60. The van der Waals surface area contributed by atoms with Gasteiger partial charge in [-0.2, -0.15) is 0 Å². The molecule has 0 radical (unpaired) electrons. The van der Waals surface area contributed by atoms with Gasteiger partial charge in [-0.3, -0.25) is 4.79 Å². The first kappa shape index (κ1) is 15.3. The van der Waals surface area contributed by atoms with Crippen LogP contribution in [-0.4, -0.2) is 32.3 Å². The molecule has 1 unspecified atom stereocenters. The van der Waals surface area contributed by atoms with Crippen molar-refractivity contribution in [3.05, 3.63) is 28.2 Å². The van der Waals surface area contributed by atoms with Crippen molar-refractivity contribution in [2.24, 2.45) is 0 Å². The van der Waals surface area contributed by atoms with Crippen LogP contribution in [0, 0.1) is 0 Å². The molecule has 1 amide bonds. The van der Waals surface area contributed by atoms with Crippen LogP contribution in [0.15, 0.2) is 22.7 Å². The van der Waals surface area contributed by atoms with Gasteiger partial charge in [0.2, 0.25) is 0 Å². The van der Waals surface area contributed by atoms with Crippen LogP contribution in [-0.2, 0) is 4.74 Å². The molecule has 1 aliphatic rings. The summed E-state index contributed by atoms with van der Waals surface area (Å²) in [4.78, 5) is 12.0. The van der Waals surface area contributed by atoms with Crippen LogP contribution in [0.25, 0.3) is 0 Å². The summed E-state index contributed by atoms with van der Waals surface area (Å²) in [5.74, 6) is 0.654. The van der Waals surface area contributed by atoms with Gasteiger partial charge >= 0.3 is 0 Å². The van der Waals surface area contributed by atoms with Gasteiger partial charge in [0.05, 0.1) is 17.7 Å². The van der Waals surface area contributed by atoms with Crippen molar-refractivity contribution in [1.29, 1.82) is 0 Å². The zero-order chi connectivity index (χ0) is 14.4. The molecule has 1 saturated heterocycles. The van der Waals surface area contributed by atoms with E-state index in [1.165, 1.54) is 6.42 Å². The molecule has 1 N–H and O–H groups in total. The highest BCUT2D eigenvalue weighted by molar-refractivity contribution is 9.10. The molecule has 2 rings (SSSR count). The molecule has 20 heavy (non-hydrogen) atoms. The summed E-state index contributed by atoms with van der Waals surface area (Å²) in [6.45, 7) is 1.50. The molecular weight excluding hydrogens is 322 g/mol. The van der Waals surface area contributed by atoms with Gasteiger partial charge in [-0.1, -0.05) is 0 Å². The average molecular weight is 342 g/mol. The minimum atomic E-state index is -0.0656. The second-order valence-electron chi connectivity index (χ2n) is 4.88. The number of methoxy groups -OCH3 is 1. The van der Waals surface area contributed by atoms with Crippen molar-refractivity contribution in [3.8, 4) is 5.75 Å². The van der Waals surface area contributed by atoms with E-state index in [0.29, 0.717) is 18.2 Å². The first-order chi connectivity index (χ1) is 9.70. The Balaban J connectivity index is 1.80. The van der Waals surface area contributed by atoms with E-state index in [4.69, 9.17) is 9.47 Å². The second kappa shape index (κ2) is 7.64. The number of carbonyl (C=O) groups excluding carboxylic acids is 1. The summed E-state index contributed by atoms with van der Waals surface area (Å²) in [5.41, 5.74) is 0.627. The van der Waals surface area contributed by atoms with Gasteiger partial charge < -0.3 is 14.8 Å². The summed E-state index contributed by atoms with van der Waals surface area (Å²) >= 11 is 3.38. The molecular formula is C15H20BrNO3. The number of nitrogens with one attached hydrogen (secondary N) is 1. The van der Waals surface area contributed by atoms with Crippen LogP contribution in [0.5, 0.6) is 5.75 Å². The van der Waals surface area contributed by atoms with Gasteiger partial charge in [-0.05, 0) is 59.8 Å². The number of benzene rings is 1. The highest BCUT2D eigenvalue weighted by atomic mass is 79.9. The van der Waals surface area contributed by atoms with Crippen molar-refractivity contribution in [2.45, 2.75) is 31.8 Å². The fourth-order valence-electron chi connectivity index (χ4n) is 2.29. The quantitative estimate of drug-likeness (QED) is 0.894. The molecule has 1 atom stereocenters. The number of ether oxygens (including phenoxy) is 2. The van der Waals surface area contributed by atoms with Crippen molar-refractivity contribution in [2.75, 3.05) is 20.3 Å². The summed E-state index contributed by atoms with van der Waals surface area (Å²) < 4.78 is 11.6. The molecule has 1 heterocycles. The maximum absolute atomic E-state index is 12.0. The van der Waals surface area contributed by atoms with Gasteiger partial charge in [0.25, 0.3) is 5.91 Å². The third-order valence-electron chi connectivity index (χ3n) is 3.44. The van der Waals surface area contributed by atoms with Gasteiger partial charge in [0.1, 0.15) is 5.75 Å². The molecule has 1 fully saturated rings. The molecule has 0 bridgehead atoms. The van der Waals surface area contributed by atoms with Crippen molar-refractivity contribution in [3.63, 3.8) is 0 Å². The van der Waals surface area contributed by atoms with Crippen molar-refractivity contribution < 1.29 is 14.3 Å². The first-order valence-corrected chi connectivity index (χ1v) is 7.73. The molecule has 4 nitrogen and oxygen atoms in total. The van der Waals surface area contributed by atoms with Crippen LogP contribution < -0.4 is 10.1 Å². The van der Waals surface area contributed by atoms with E-state index >= 15 is 0 Å². The monoisotopic (exact) mass is 341 g/mol. The van der Waals surface area contributed by atoms with Crippen molar-refractivity contribution >= 4 is 21.8 Å². The lowest BCUT2D eigenvalue weighted by Gasteiger charge is -2.22. The summed E-state index contributed by atoms with van der Waals surface area (Å²) in [5, 5.41) is 2.93. The number of carbonyl (C=O) groups is 1. The molecule has 1 aliphatic heterocycles. The number of halogens is 1. The Hall–Kier alpha value is -1.07. The van der Waals surface area contributed by atoms with E-state index in [1.54, 1.807) is 25.3 Å². The Kier molecular flexibility index (Phi) is 5.86. The Morgan fingerprint density at radius 3 is 3.00 bits per heavy atom. The highest BCUT2D eigenvalue weighted by Crippen LogP contribution is 2.25. The average Bonchev–Trinajstić information content (AvgIpc) is 2.48. The van der Waals surface area contributed by atoms with E-state index < -0.39 is 0 Å². The number of rotatable bonds is 5. The molecule has 0 aliphatic carbocycles. The van der Waals surface area contributed by atoms with Crippen molar-refractivity contribution in [1.82, 2.24) is 5.32 Å². The standard InChI is InChI=1S/C15H20BrNO3/c1-19-14-6-5-11(10-13(14)16)15(18)17-8-7-12-4-2-3-9-20-12/h5-6,10,12H,2-4,7-9H2,1H3,(H,17,18). The lowest BCUT2D eigenvalue weighted by Crippen LogP contribution is -2.29. The fraction of sp³-hybridized carbons (Fsp3) is 0.533. The predicted molar refractivity (Wildman–Crippen MR) is 81.2 cm³/mol. The Labute approximate surface area is 128 Å². The van der Waals surface area contributed by atoms with Gasteiger partial charge in [-0.15, -0.1) is 0 Å². The Morgan fingerprint density at radius 2 is 2.35 bits per heavy atom. The minimum Gasteiger partial charge on any atom is -0.496 e. The van der Waals surface area contributed by atoms with E-state index in [1.807, 2.05) is 0 Å². The molecule has 1 aromatic carbocycles. The first-order valence-electron chi connectivity index (χ1n) is 6.94. The SMILES string of the molecule is COc1ccc(C(=O)NCCC2CCCCO2)cc1Br. The normalized spacial score (nSPS) is 18.6. The predicted octanol–water partition coefficient (Wildman–Crippen LogP) is 3.15. The van der Waals surface area contributed by atoms with Crippen LogP contribution in [0.3, 0.4) is 0 Å². The maximum Gasteiger partial charge on any atom is 0.251 e. The molecule has 0 aromatic heterocycles. The van der Waals surface area contributed by atoms with E-state index in [2.05, 4.69) is 21.2 Å². The molecule has 0 spiro atoms. The number of hydrogen-bond acceptors (Lipinski definition) is 3. The Bertz CT molecular complexity index is 458. The topological polar surface area (TPSA) is 47.6 Å². The molecule has 1 aromatic rings. The van der Waals surface area contributed by atoms with E-state index in [9.17, 15) is 4.79 Å². The molecule has 0 saturated carbocycles. The molecule has 110 valence electrons. The summed E-state index contributed by atoms with van der Waals surface area (Å²) in [6, 6.07) is 5.31. The second-order valence-corrected chi connectivity index (χ2v) is 5.74. The van der Waals surface area contributed by atoms with Crippen LogP contribution >= 0.6 is 15.9 Å². The smallest absolute Gasteiger partial charge is 0.251 e. The lowest BCUT2D eigenvalue weighted by molar-refractivity contribution is 0.0117. The third kappa shape index (κ3) is 4.21. The van der Waals surface area contributed by atoms with Gasteiger partial charge in [-0.25, -0.2) is 0 Å². The fourth-order valence-corrected chi connectivity index (χ4v) is 2.83. The lowest BCUT2D eigenvalue weighted by atomic mass is 10.1. The molecule has 5 heteroatoms. The zero-order valence-electron chi connectivity index (χ0n) is 11.7. The minimum absolute atomic E-state index is 0.0656. The third-order valence-corrected chi connectivity index (χ3v) is 4.06. The highest BCUT2D eigenvalue weighted by Gasteiger charge is 2.14. The van der Waals surface area contributed by atoms with Gasteiger partial charge in [0.15, 0.2) is 0 Å². The number of amides is 1. The van der Waals surface area contributed by atoms with Crippen LogP contribution in [0.1, 0.15) is 36.0 Å². The van der Waals surface area contributed by atoms with Gasteiger partial charge in [0, 0.05) is 18.7 Å². The largest absolute Gasteiger partial charge is 0.496 e. The van der Waals surface area contributed by atoms with E-state index in [0.717, 1.165) is 36.1 Å².